The highest BCUT2D eigenvalue weighted by molar-refractivity contribution is 5.32. The molecule has 0 saturated carbocycles. The number of hydrogen-bond acceptors (Lipinski definition) is 3. The molecule has 0 aliphatic heterocycles. The number of rotatable bonds is 3. The molecule has 2 aromatic rings. The number of aromatic nitrogens is 1. The fraction of sp³-hybridized carbons (Fsp3) is 0.312. The van der Waals surface area contributed by atoms with Crippen LogP contribution in [-0.4, -0.2) is 4.98 Å². The second-order valence-corrected chi connectivity index (χ2v) is 4.91. The van der Waals surface area contributed by atoms with Crippen LogP contribution in [0.25, 0.3) is 0 Å². The molecule has 1 atom stereocenters. The third kappa shape index (κ3) is 2.61. The Kier molecular flexibility index (Phi) is 3.47. The number of benzene rings is 1. The van der Waals surface area contributed by atoms with Crippen LogP contribution in [0.4, 0.5) is 0 Å². The van der Waals surface area contributed by atoms with Gasteiger partial charge in [0.05, 0.1) is 0 Å². The highest BCUT2D eigenvalue weighted by Crippen LogP contribution is 2.32. The maximum Gasteiger partial charge on any atom is 0.213 e. The fourth-order valence-corrected chi connectivity index (χ4v) is 2.58. The lowest BCUT2D eigenvalue weighted by atomic mass is 9.89. The number of pyridine rings is 1. The molecule has 1 aromatic heterocycles. The van der Waals surface area contributed by atoms with Gasteiger partial charge in [0.15, 0.2) is 0 Å². The van der Waals surface area contributed by atoms with E-state index in [0.29, 0.717) is 12.4 Å². The quantitative estimate of drug-likeness (QED) is 0.916. The van der Waals surface area contributed by atoms with Gasteiger partial charge in [-0.1, -0.05) is 30.3 Å². The molecule has 2 N–H and O–H groups in total. The van der Waals surface area contributed by atoms with Crippen LogP contribution in [0.15, 0.2) is 42.6 Å². The van der Waals surface area contributed by atoms with Gasteiger partial charge in [0.2, 0.25) is 5.88 Å². The van der Waals surface area contributed by atoms with Crippen molar-refractivity contribution in [2.45, 2.75) is 31.9 Å². The van der Waals surface area contributed by atoms with Gasteiger partial charge in [-0.05, 0) is 36.0 Å². The monoisotopic (exact) mass is 254 g/mol. The molecule has 1 aromatic carbocycles. The Hall–Kier alpha value is -1.87. The van der Waals surface area contributed by atoms with E-state index >= 15 is 0 Å². The van der Waals surface area contributed by atoms with Gasteiger partial charge in [0.25, 0.3) is 0 Å². The number of aryl methyl sites for hydroxylation is 1. The Morgan fingerprint density at radius 3 is 2.89 bits per heavy atom. The minimum Gasteiger partial charge on any atom is -0.469 e. The van der Waals surface area contributed by atoms with Crippen LogP contribution < -0.4 is 10.5 Å². The summed E-state index contributed by atoms with van der Waals surface area (Å²) < 4.78 is 6.03. The second kappa shape index (κ2) is 5.41. The molecule has 0 radical (unpaired) electrons. The Morgan fingerprint density at radius 2 is 2.11 bits per heavy atom. The van der Waals surface area contributed by atoms with E-state index in [1.165, 1.54) is 17.5 Å². The minimum absolute atomic E-state index is 0.126. The molecule has 0 amide bonds. The predicted octanol–water partition coefficient (Wildman–Crippen LogP) is 3.00. The van der Waals surface area contributed by atoms with Crippen LogP contribution in [0.5, 0.6) is 5.88 Å². The highest BCUT2D eigenvalue weighted by Gasteiger charge is 2.21. The average Bonchev–Trinajstić information content (AvgIpc) is 2.48. The number of nitrogens with zero attached hydrogens (tertiary/aromatic N) is 1. The summed E-state index contributed by atoms with van der Waals surface area (Å²) in [6, 6.07) is 12.4. The van der Waals surface area contributed by atoms with Crippen molar-refractivity contribution in [2.24, 2.45) is 5.73 Å². The first-order chi connectivity index (χ1) is 9.36. The van der Waals surface area contributed by atoms with Crippen molar-refractivity contribution in [3.63, 3.8) is 0 Å². The molecule has 3 rings (SSSR count). The summed E-state index contributed by atoms with van der Waals surface area (Å²) in [5, 5.41) is 0. The highest BCUT2D eigenvalue weighted by atomic mass is 16.5. The molecule has 0 bridgehead atoms. The molecule has 1 aliphatic carbocycles. The van der Waals surface area contributed by atoms with E-state index in [0.717, 1.165) is 18.4 Å². The van der Waals surface area contributed by atoms with E-state index in [4.69, 9.17) is 10.5 Å². The number of nitrogens with two attached hydrogens (primary N) is 1. The molecular formula is C16H18N2O. The summed E-state index contributed by atoms with van der Waals surface area (Å²) in [4.78, 5) is 4.31. The maximum atomic E-state index is 6.03. The van der Waals surface area contributed by atoms with Crippen molar-refractivity contribution in [1.82, 2.24) is 4.98 Å². The van der Waals surface area contributed by atoms with Crippen molar-refractivity contribution >= 4 is 0 Å². The molecule has 1 unspecified atom stereocenters. The molecular weight excluding hydrogens is 236 g/mol. The number of ether oxygens (including phenoxy) is 1. The zero-order valence-corrected chi connectivity index (χ0v) is 10.9. The van der Waals surface area contributed by atoms with Crippen molar-refractivity contribution in [3.8, 4) is 5.88 Å². The fourth-order valence-electron chi connectivity index (χ4n) is 2.58. The van der Waals surface area contributed by atoms with Crippen molar-refractivity contribution in [1.29, 1.82) is 0 Å². The summed E-state index contributed by atoms with van der Waals surface area (Å²) >= 11 is 0. The SMILES string of the molecule is NCc1ccc(OC2CCCc3ccccc32)nc1. The topological polar surface area (TPSA) is 48.1 Å². The third-order valence-electron chi connectivity index (χ3n) is 3.61. The summed E-state index contributed by atoms with van der Waals surface area (Å²) in [7, 11) is 0. The van der Waals surface area contributed by atoms with Gasteiger partial charge < -0.3 is 10.5 Å². The molecule has 0 saturated heterocycles. The number of hydrogen-bond donors (Lipinski definition) is 1. The molecule has 98 valence electrons. The normalized spacial score (nSPS) is 17.8. The molecule has 0 fully saturated rings. The van der Waals surface area contributed by atoms with Crippen LogP contribution in [0.2, 0.25) is 0 Å². The summed E-state index contributed by atoms with van der Waals surface area (Å²) in [5.41, 5.74) is 9.30. The Bertz CT molecular complexity index is 551. The Labute approximate surface area is 113 Å². The van der Waals surface area contributed by atoms with Crippen LogP contribution in [-0.2, 0) is 13.0 Å². The van der Waals surface area contributed by atoms with Crippen LogP contribution in [0.3, 0.4) is 0 Å². The van der Waals surface area contributed by atoms with E-state index in [1.54, 1.807) is 6.20 Å². The molecule has 3 heteroatoms. The van der Waals surface area contributed by atoms with E-state index < -0.39 is 0 Å². The number of fused-ring (bicyclic) bond motifs is 1. The maximum absolute atomic E-state index is 6.03. The third-order valence-corrected chi connectivity index (χ3v) is 3.61. The first-order valence-electron chi connectivity index (χ1n) is 6.76. The lowest BCUT2D eigenvalue weighted by molar-refractivity contribution is 0.175. The lowest BCUT2D eigenvalue weighted by Crippen LogP contribution is -2.15. The van der Waals surface area contributed by atoms with Crippen LogP contribution in [0, 0.1) is 0 Å². The van der Waals surface area contributed by atoms with Crippen LogP contribution in [0.1, 0.15) is 35.6 Å². The summed E-state index contributed by atoms with van der Waals surface area (Å²) in [6.45, 7) is 0.513. The average molecular weight is 254 g/mol. The van der Waals surface area contributed by atoms with Gasteiger partial charge >= 0.3 is 0 Å². The zero-order valence-electron chi connectivity index (χ0n) is 10.9. The van der Waals surface area contributed by atoms with Crippen LogP contribution >= 0.6 is 0 Å². The molecule has 19 heavy (non-hydrogen) atoms. The molecule has 3 nitrogen and oxygen atoms in total. The van der Waals surface area contributed by atoms with E-state index in [-0.39, 0.29) is 6.10 Å². The van der Waals surface area contributed by atoms with Crippen molar-refractivity contribution in [2.75, 3.05) is 0 Å². The molecule has 1 heterocycles. The first-order valence-corrected chi connectivity index (χ1v) is 6.76. The van der Waals surface area contributed by atoms with E-state index in [9.17, 15) is 0 Å². The van der Waals surface area contributed by atoms with Gasteiger partial charge in [0.1, 0.15) is 6.10 Å². The molecule has 0 spiro atoms. The first kappa shape index (κ1) is 12.2. The summed E-state index contributed by atoms with van der Waals surface area (Å²) in [5.74, 6) is 0.680. The van der Waals surface area contributed by atoms with Gasteiger partial charge in [-0.15, -0.1) is 0 Å². The van der Waals surface area contributed by atoms with E-state index in [1.807, 2.05) is 12.1 Å². The van der Waals surface area contributed by atoms with Crippen molar-refractivity contribution in [3.05, 3.63) is 59.3 Å². The van der Waals surface area contributed by atoms with Gasteiger partial charge in [-0.2, -0.15) is 0 Å². The largest absolute Gasteiger partial charge is 0.469 e. The predicted molar refractivity (Wildman–Crippen MR) is 74.9 cm³/mol. The minimum atomic E-state index is 0.126. The zero-order chi connectivity index (χ0) is 13.1. The smallest absolute Gasteiger partial charge is 0.213 e. The lowest BCUT2D eigenvalue weighted by Gasteiger charge is -2.25. The van der Waals surface area contributed by atoms with Crippen molar-refractivity contribution < 1.29 is 4.74 Å². The van der Waals surface area contributed by atoms with Gasteiger partial charge in [-0.25, -0.2) is 4.98 Å². The standard InChI is InChI=1S/C16H18N2O/c17-10-12-8-9-16(18-11-12)19-15-7-3-5-13-4-1-2-6-14(13)15/h1-2,4,6,8-9,11,15H,3,5,7,10,17H2. The second-order valence-electron chi connectivity index (χ2n) is 4.91. The van der Waals surface area contributed by atoms with Gasteiger partial charge in [-0.3, -0.25) is 0 Å². The van der Waals surface area contributed by atoms with E-state index in [2.05, 4.69) is 29.2 Å². The Balaban J connectivity index is 1.80. The van der Waals surface area contributed by atoms with Gasteiger partial charge in [0, 0.05) is 18.8 Å². The Morgan fingerprint density at radius 1 is 1.21 bits per heavy atom. The molecule has 1 aliphatic rings. The summed E-state index contributed by atoms with van der Waals surface area (Å²) in [6.07, 6.45) is 5.28.